The van der Waals surface area contributed by atoms with E-state index in [9.17, 15) is 31.8 Å². The number of nitrogens with zero attached hydrogens (tertiary/aromatic N) is 3. The van der Waals surface area contributed by atoms with Crippen LogP contribution < -0.4 is 4.74 Å². The van der Waals surface area contributed by atoms with E-state index in [1.165, 1.54) is 13.0 Å². The fourth-order valence-electron chi connectivity index (χ4n) is 3.16. The van der Waals surface area contributed by atoms with Crippen molar-refractivity contribution in [1.29, 1.82) is 5.26 Å². The van der Waals surface area contributed by atoms with Gasteiger partial charge in [-0.15, -0.1) is 0 Å². The van der Waals surface area contributed by atoms with Crippen molar-refractivity contribution >= 4 is 10.0 Å². The van der Waals surface area contributed by atoms with Crippen LogP contribution in [0.25, 0.3) is 0 Å². The van der Waals surface area contributed by atoms with Crippen molar-refractivity contribution in [1.82, 2.24) is 9.29 Å². The molecule has 8 nitrogen and oxygen atoms in total. The molecule has 1 saturated heterocycles. The van der Waals surface area contributed by atoms with Crippen molar-refractivity contribution in [2.45, 2.75) is 36.1 Å². The Morgan fingerprint density at radius 2 is 2.06 bits per heavy atom. The molecule has 12 heteroatoms. The molecule has 2 heterocycles. The third-order valence-corrected chi connectivity index (χ3v) is 6.84. The highest BCUT2D eigenvalue weighted by Gasteiger charge is 2.53. The molecule has 0 saturated carbocycles. The summed E-state index contributed by atoms with van der Waals surface area (Å²) in [6, 6.07) is 6.83. The van der Waals surface area contributed by atoms with E-state index >= 15 is 0 Å². The lowest BCUT2D eigenvalue weighted by Crippen LogP contribution is -2.53. The third kappa shape index (κ3) is 4.35. The lowest BCUT2D eigenvalue weighted by molar-refractivity contribution is -0.104. The van der Waals surface area contributed by atoms with Crippen LogP contribution in [0.15, 0.2) is 41.4 Å². The average molecular weight is 457 g/mol. The maximum atomic E-state index is 13.9. The minimum Gasteiger partial charge on any atom is -0.486 e. The Bertz CT molecular complexity index is 1110. The molecule has 0 amide bonds. The largest absolute Gasteiger partial charge is 0.486 e. The van der Waals surface area contributed by atoms with Crippen LogP contribution in [0.4, 0.5) is 13.2 Å². The number of ether oxygens (including phenoxy) is 1. The molecule has 1 aliphatic rings. The van der Waals surface area contributed by atoms with E-state index in [-0.39, 0.29) is 16.2 Å². The first kappa shape index (κ1) is 23.0. The zero-order valence-corrected chi connectivity index (χ0v) is 16.9. The molecule has 0 aliphatic carbocycles. The number of pyridine rings is 1. The van der Waals surface area contributed by atoms with Crippen molar-refractivity contribution in [2.75, 3.05) is 13.1 Å². The van der Waals surface area contributed by atoms with Crippen LogP contribution in [-0.4, -0.2) is 58.8 Å². The van der Waals surface area contributed by atoms with Gasteiger partial charge in [0.25, 0.3) is 6.43 Å². The van der Waals surface area contributed by atoms with Crippen LogP contribution in [0, 0.1) is 17.1 Å². The Labute approximate surface area is 176 Å². The van der Waals surface area contributed by atoms with E-state index in [0.29, 0.717) is 0 Å². The van der Waals surface area contributed by atoms with Gasteiger partial charge in [-0.25, -0.2) is 21.6 Å². The lowest BCUT2D eigenvalue weighted by Gasteiger charge is -2.31. The summed E-state index contributed by atoms with van der Waals surface area (Å²) in [4.78, 5) is 3.05. The molecule has 2 aromatic rings. The lowest BCUT2D eigenvalue weighted by atomic mass is 9.94. The number of aromatic nitrogens is 1. The van der Waals surface area contributed by atoms with Gasteiger partial charge in [0.15, 0.2) is 0 Å². The highest BCUT2D eigenvalue weighted by Crippen LogP contribution is 2.33. The van der Waals surface area contributed by atoms with Crippen LogP contribution in [0.1, 0.15) is 24.6 Å². The first-order chi connectivity index (χ1) is 14.5. The second-order valence-corrected chi connectivity index (χ2v) is 8.98. The molecular formula is C19H18F3N3O5S. The number of benzene rings is 1. The van der Waals surface area contributed by atoms with Crippen LogP contribution in [-0.2, 0) is 10.0 Å². The highest BCUT2D eigenvalue weighted by atomic mass is 32.2. The minimum atomic E-state index is -4.27. The maximum absolute atomic E-state index is 13.9. The Kier molecular flexibility index (Phi) is 6.24. The van der Waals surface area contributed by atoms with E-state index in [1.807, 2.05) is 0 Å². The summed E-state index contributed by atoms with van der Waals surface area (Å²) in [7, 11) is -4.27. The second kappa shape index (κ2) is 8.43. The number of halogens is 3. The number of rotatable bonds is 6. The number of alkyl halides is 2. The molecule has 166 valence electrons. The highest BCUT2D eigenvalue weighted by molar-refractivity contribution is 7.89. The third-order valence-electron chi connectivity index (χ3n) is 5.04. The van der Waals surface area contributed by atoms with Gasteiger partial charge in [-0.2, -0.15) is 9.57 Å². The summed E-state index contributed by atoms with van der Waals surface area (Å²) < 4.78 is 71.4. The molecule has 1 aromatic heterocycles. The number of hydrogen-bond donors (Lipinski definition) is 2. The molecule has 0 bridgehead atoms. The summed E-state index contributed by atoms with van der Waals surface area (Å²) in [6.07, 6.45) is -4.81. The molecule has 1 aromatic carbocycles. The summed E-state index contributed by atoms with van der Waals surface area (Å²) in [5.41, 5.74) is -2.87. The minimum absolute atomic E-state index is 0.0808. The van der Waals surface area contributed by atoms with Crippen molar-refractivity contribution < 1.29 is 36.5 Å². The molecular weight excluding hydrogens is 439 g/mol. The Morgan fingerprint density at radius 3 is 2.58 bits per heavy atom. The zero-order chi connectivity index (χ0) is 23.0. The van der Waals surface area contributed by atoms with Crippen LogP contribution >= 0.6 is 0 Å². The van der Waals surface area contributed by atoms with Crippen LogP contribution in [0.5, 0.6) is 5.75 Å². The fourth-order valence-corrected chi connectivity index (χ4v) is 4.59. The standard InChI is InChI=1S/C19H18F3N3O5S/c1-11(26)19(27)10-25(31(28,29)14-4-5-16(18(21)22)24-8-14)9-17(19)30-13-3-2-12(7-23)15(20)6-13/h2-6,8,11,17-18,26-27H,9-10H2,1H3/t11?,17-,19+/m0/s1. The van der Waals surface area contributed by atoms with E-state index in [1.54, 1.807) is 6.07 Å². The van der Waals surface area contributed by atoms with Crippen molar-refractivity contribution in [3.05, 3.63) is 53.6 Å². The normalized spacial score (nSPS) is 23.0. The number of hydrogen-bond acceptors (Lipinski definition) is 7. The predicted octanol–water partition coefficient (Wildman–Crippen LogP) is 1.59. The molecule has 31 heavy (non-hydrogen) atoms. The van der Waals surface area contributed by atoms with Crippen LogP contribution in [0.3, 0.4) is 0 Å². The fraction of sp³-hybridized carbons (Fsp3) is 0.368. The van der Waals surface area contributed by atoms with E-state index in [4.69, 9.17) is 10.00 Å². The SMILES string of the molecule is CC(O)[C@]1(O)CN(S(=O)(=O)c2ccc(C(F)F)nc2)C[C@@H]1Oc1ccc(C#N)c(F)c1. The van der Waals surface area contributed by atoms with Gasteiger partial charge in [0.2, 0.25) is 10.0 Å². The van der Waals surface area contributed by atoms with Crippen molar-refractivity contribution in [3.63, 3.8) is 0 Å². The zero-order valence-electron chi connectivity index (χ0n) is 16.1. The number of β-amino-alcohol motifs (C(OH)–C–C–N with tert-alkyl or cyclic N) is 1. The first-order valence-corrected chi connectivity index (χ1v) is 10.4. The molecule has 0 radical (unpaired) electrons. The quantitative estimate of drug-likeness (QED) is 0.675. The topological polar surface area (TPSA) is 124 Å². The van der Waals surface area contributed by atoms with Gasteiger partial charge in [-0.3, -0.25) is 4.98 Å². The number of aliphatic hydroxyl groups is 2. The molecule has 0 spiro atoms. The molecule has 3 rings (SSSR count). The first-order valence-electron chi connectivity index (χ1n) is 9.00. The van der Waals surface area contributed by atoms with Gasteiger partial charge in [0, 0.05) is 18.8 Å². The second-order valence-electron chi connectivity index (χ2n) is 7.04. The molecule has 1 fully saturated rings. The summed E-state index contributed by atoms with van der Waals surface area (Å²) in [5.74, 6) is -0.948. The van der Waals surface area contributed by atoms with Crippen molar-refractivity contribution in [3.8, 4) is 11.8 Å². The van der Waals surface area contributed by atoms with Gasteiger partial charge in [0.1, 0.15) is 39.9 Å². The van der Waals surface area contributed by atoms with E-state index in [0.717, 1.165) is 34.8 Å². The van der Waals surface area contributed by atoms with Crippen molar-refractivity contribution in [2.24, 2.45) is 0 Å². The smallest absolute Gasteiger partial charge is 0.280 e. The van der Waals surface area contributed by atoms with Gasteiger partial charge >= 0.3 is 0 Å². The Balaban J connectivity index is 1.89. The van der Waals surface area contributed by atoms with Gasteiger partial charge in [-0.1, -0.05) is 0 Å². The maximum Gasteiger partial charge on any atom is 0.280 e. The van der Waals surface area contributed by atoms with E-state index < -0.39 is 58.9 Å². The Morgan fingerprint density at radius 1 is 1.35 bits per heavy atom. The molecule has 1 unspecified atom stereocenters. The van der Waals surface area contributed by atoms with Gasteiger partial charge < -0.3 is 14.9 Å². The number of sulfonamides is 1. The van der Waals surface area contributed by atoms with Gasteiger partial charge in [-0.05, 0) is 31.2 Å². The Hall–Kier alpha value is -2.72. The molecule has 2 N–H and O–H groups in total. The number of aliphatic hydroxyl groups excluding tert-OH is 1. The predicted molar refractivity (Wildman–Crippen MR) is 100 cm³/mol. The van der Waals surface area contributed by atoms with Crippen LogP contribution in [0.2, 0.25) is 0 Å². The summed E-state index contributed by atoms with van der Waals surface area (Å²) >= 11 is 0. The number of nitriles is 1. The monoisotopic (exact) mass is 457 g/mol. The summed E-state index contributed by atoms with van der Waals surface area (Å²) in [6.45, 7) is 0.264. The van der Waals surface area contributed by atoms with Gasteiger partial charge in [0.05, 0.1) is 18.2 Å². The van der Waals surface area contributed by atoms with E-state index in [2.05, 4.69) is 4.98 Å². The molecule has 3 atom stereocenters. The molecule has 1 aliphatic heterocycles. The average Bonchev–Trinajstić information content (AvgIpc) is 3.07. The summed E-state index contributed by atoms with van der Waals surface area (Å²) in [5, 5.41) is 29.8.